The highest BCUT2D eigenvalue weighted by atomic mass is 32.2. The summed E-state index contributed by atoms with van der Waals surface area (Å²) in [5.41, 5.74) is 0.975. The predicted molar refractivity (Wildman–Crippen MR) is 113 cm³/mol. The van der Waals surface area contributed by atoms with E-state index in [0.717, 1.165) is 22.9 Å². The molecule has 6 nitrogen and oxygen atoms in total. The molecule has 2 unspecified atom stereocenters. The number of fused-ring (bicyclic) bond motifs is 1. The van der Waals surface area contributed by atoms with Gasteiger partial charge in [0.25, 0.3) is 5.91 Å². The van der Waals surface area contributed by atoms with Gasteiger partial charge in [0.05, 0.1) is 0 Å². The molecule has 7 heteroatoms. The number of nitrogens with one attached hydrogen (secondary N) is 1. The number of carbonyl (C=O) groups is 2. The predicted octanol–water partition coefficient (Wildman–Crippen LogP) is 3.98. The number of likely N-dealkylation sites (N-methyl/N-ethyl adjacent to an activating group) is 1. The molecular formula is C20H34N4O2S. The van der Waals surface area contributed by atoms with Gasteiger partial charge in [-0.25, -0.2) is 9.79 Å². The van der Waals surface area contributed by atoms with Gasteiger partial charge < -0.3 is 9.80 Å². The molecule has 0 aromatic rings. The summed E-state index contributed by atoms with van der Waals surface area (Å²) in [7, 11) is 1.69. The molecule has 2 heterocycles. The van der Waals surface area contributed by atoms with Crippen LogP contribution < -0.4 is 5.32 Å². The van der Waals surface area contributed by atoms with Gasteiger partial charge in [0.15, 0.2) is 17.4 Å². The van der Waals surface area contributed by atoms with Crippen LogP contribution in [0.2, 0.25) is 0 Å². The third-order valence-electron chi connectivity index (χ3n) is 4.99. The van der Waals surface area contributed by atoms with Crippen LogP contribution in [0.15, 0.2) is 17.1 Å². The second kappa shape index (κ2) is 10.7. The number of imide groups is 1. The van der Waals surface area contributed by atoms with Crippen LogP contribution in [0.4, 0.5) is 4.79 Å². The SMILES string of the molecule is C=C(C)CN1C(SCCCCCCCCCC)=NC2C1C(=O)NC(=O)N2C. The maximum absolute atomic E-state index is 12.4. The molecule has 0 spiro atoms. The van der Waals surface area contributed by atoms with Crippen LogP contribution in [0.1, 0.15) is 65.2 Å². The van der Waals surface area contributed by atoms with Gasteiger partial charge in [-0.2, -0.15) is 0 Å². The number of aliphatic imine (C=N–C) groups is 1. The molecule has 1 saturated heterocycles. The first-order chi connectivity index (χ1) is 13.0. The summed E-state index contributed by atoms with van der Waals surface area (Å²) < 4.78 is 0. The van der Waals surface area contributed by atoms with E-state index in [0.29, 0.717) is 6.54 Å². The number of carbonyl (C=O) groups excluding carboxylic acids is 2. The second-order valence-corrected chi connectivity index (χ2v) is 8.65. The van der Waals surface area contributed by atoms with Crippen molar-refractivity contribution in [1.29, 1.82) is 0 Å². The summed E-state index contributed by atoms with van der Waals surface area (Å²) >= 11 is 1.69. The number of thioether (sulfide) groups is 1. The largest absolute Gasteiger partial charge is 0.332 e. The molecule has 2 atom stereocenters. The molecule has 2 rings (SSSR count). The normalized spacial score (nSPS) is 22.0. The fourth-order valence-electron chi connectivity index (χ4n) is 3.48. The highest BCUT2D eigenvalue weighted by Crippen LogP contribution is 2.29. The fourth-order valence-corrected chi connectivity index (χ4v) is 4.53. The number of urea groups is 1. The van der Waals surface area contributed by atoms with Gasteiger partial charge in [-0.05, 0) is 13.3 Å². The Labute approximate surface area is 167 Å². The van der Waals surface area contributed by atoms with E-state index in [1.807, 2.05) is 11.8 Å². The van der Waals surface area contributed by atoms with Crippen molar-refractivity contribution in [2.24, 2.45) is 4.99 Å². The molecule has 1 fully saturated rings. The molecule has 0 bridgehead atoms. The van der Waals surface area contributed by atoms with E-state index in [1.54, 1.807) is 18.8 Å². The minimum atomic E-state index is -0.453. The lowest BCUT2D eigenvalue weighted by atomic mass is 10.1. The van der Waals surface area contributed by atoms with Crippen molar-refractivity contribution < 1.29 is 9.59 Å². The molecule has 1 N–H and O–H groups in total. The van der Waals surface area contributed by atoms with Gasteiger partial charge in [-0.15, -0.1) is 0 Å². The molecule has 152 valence electrons. The summed E-state index contributed by atoms with van der Waals surface area (Å²) in [5.74, 6) is 0.718. The standard InChI is InChI=1S/C20H34N4O2S/c1-5-6-7-8-9-10-11-12-13-27-20-21-17-16(24(20)14-15(2)3)18(25)22-19(26)23(17)4/h16-17H,2,5-14H2,1,3-4H3,(H,22,25,26). The van der Waals surface area contributed by atoms with Gasteiger partial charge >= 0.3 is 6.03 Å². The second-order valence-electron chi connectivity index (χ2n) is 7.58. The number of hydrogen-bond donors (Lipinski definition) is 1. The molecule has 0 aromatic heterocycles. The first-order valence-electron chi connectivity index (χ1n) is 10.1. The van der Waals surface area contributed by atoms with E-state index < -0.39 is 12.2 Å². The molecule has 0 saturated carbocycles. The van der Waals surface area contributed by atoms with Crippen LogP contribution in [0, 0.1) is 0 Å². The number of hydrogen-bond acceptors (Lipinski definition) is 5. The fraction of sp³-hybridized carbons (Fsp3) is 0.750. The molecular weight excluding hydrogens is 360 g/mol. The summed E-state index contributed by atoms with van der Waals surface area (Å²) in [6.45, 7) is 8.76. The van der Waals surface area contributed by atoms with Crippen LogP contribution in [0.3, 0.4) is 0 Å². The number of amides is 3. The van der Waals surface area contributed by atoms with E-state index >= 15 is 0 Å². The van der Waals surface area contributed by atoms with Crippen molar-refractivity contribution in [1.82, 2.24) is 15.1 Å². The first kappa shape index (κ1) is 21.8. The Hall–Kier alpha value is -1.50. The molecule has 3 amide bonds. The average Bonchev–Trinajstić information content (AvgIpc) is 2.96. The average molecular weight is 395 g/mol. The van der Waals surface area contributed by atoms with Gasteiger partial charge in [0, 0.05) is 19.3 Å². The lowest BCUT2D eigenvalue weighted by molar-refractivity contribution is -0.126. The zero-order chi connectivity index (χ0) is 19.8. The van der Waals surface area contributed by atoms with E-state index in [-0.39, 0.29) is 11.9 Å². The van der Waals surface area contributed by atoms with E-state index in [9.17, 15) is 9.59 Å². The van der Waals surface area contributed by atoms with Gasteiger partial charge in [-0.3, -0.25) is 10.1 Å². The highest BCUT2D eigenvalue weighted by Gasteiger charge is 2.48. The van der Waals surface area contributed by atoms with Crippen molar-refractivity contribution in [2.45, 2.75) is 77.4 Å². The van der Waals surface area contributed by atoms with Crippen molar-refractivity contribution in [2.75, 3.05) is 19.3 Å². The highest BCUT2D eigenvalue weighted by molar-refractivity contribution is 8.13. The Bertz CT molecular complexity index is 578. The molecule has 2 aliphatic heterocycles. The van der Waals surface area contributed by atoms with Gasteiger partial charge in [0.1, 0.15) is 0 Å². The van der Waals surface area contributed by atoms with Crippen LogP contribution in [0.25, 0.3) is 0 Å². The third-order valence-corrected chi connectivity index (χ3v) is 6.08. The van der Waals surface area contributed by atoms with Crippen molar-refractivity contribution in [3.8, 4) is 0 Å². The lowest BCUT2D eigenvalue weighted by Gasteiger charge is -2.36. The molecule has 2 aliphatic rings. The summed E-state index contributed by atoms with van der Waals surface area (Å²) in [6, 6.07) is -0.833. The van der Waals surface area contributed by atoms with E-state index in [4.69, 9.17) is 4.99 Å². The van der Waals surface area contributed by atoms with Crippen molar-refractivity contribution in [3.63, 3.8) is 0 Å². The number of nitrogens with zero attached hydrogens (tertiary/aromatic N) is 3. The van der Waals surface area contributed by atoms with Crippen molar-refractivity contribution >= 4 is 28.9 Å². The summed E-state index contributed by atoms with van der Waals surface area (Å²) in [6.07, 6.45) is 9.90. The monoisotopic (exact) mass is 394 g/mol. The smallest absolute Gasteiger partial charge is 0.325 e. The number of rotatable bonds is 11. The first-order valence-corrected chi connectivity index (χ1v) is 11.1. The Balaban J connectivity index is 1.83. The topological polar surface area (TPSA) is 65.0 Å². The number of amidine groups is 1. The van der Waals surface area contributed by atoms with Crippen LogP contribution in [-0.4, -0.2) is 58.5 Å². The van der Waals surface area contributed by atoms with Gasteiger partial charge in [-0.1, -0.05) is 75.8 Å². The zero-order valence-electron chi connectivity index (χ0n) is 17.0. The van der Waals surface area contributed by atoms with E-state index in [1.165, 1.54) is 49.8 Å². The van der Waals surface area contributed by atoms with Gasteiger partial charge in [0.2, 0.25) is 0 Å². The molecule has 27 heavy (non-hydrogen) atoms. The van der Waals surface area contributed by atoms with Crippen LogP contribution >= 0.6 is 11.8 Å². The Morgan fingerprint density at radius 2 is 1.78 bits per heavy atom. The minimum Gasteiger partial charge on any atom is -0.332 e. The maximum Gasteiger partial charge on any atom is 0.325 e. The maximum atomic E-state index is 12.4. The van der Waals surface area contributed by atoms with Crippen LogP contribution in [0.5, 0.6) is 0 Å². The lowest BCUT2D eigenvalue weighted by Crippen LogP contribution is -2.63. The van der Waals surface area contributed by atoms with E-state index in [2.05, 4.69) is 18.8 Å². The number of unbranched alkanes of at least 4 members (excludes halogenated alkanes) is 7. The molecule has 0 radical (unpaired) electrons. The quantitative estimate of drug-likeness (QED) is 0.425. The Kier molecular flexibility index (Phi) is 8.67. The van der Waals surface area contributed by atoms with Crippen molar-refractivity contribution in [3.05, 3.63) is 12.2 Å². The summed E-state index contributed by atoms with van der Waals surface area (Å²) in [4.78, 5) is 32.5. The molecule has 0 aliphatic carbocycles. The third kappa shape index (κ3) is 5.99. The molecule has 0 aromatic carbocycles. The summed E-state index contributed by atoms with van der Waals surface area (Å²) in [5, 5.41) is 3.28. The van der Waals surface area contributed by atoms with Crippen LogP contribution in [-0.2, 0) is 4.79 Å². The zero-order valence-corrected chi connectivity index (χ0v) is 17.8. The Morgan fingerprint density at radius 1 is 1.15 bits per heavy atom. The minimum absolute atomic E-state index is 0.268. The Morgan fingerprint density at radius 3 is 2.41 bits per heavy atom.